The minimum absolute atomic E-state index is 0.265. The number of carbonyl (C=O) groups excluding carboxylic acids is 1. The first-order chi connectivity index (χ1) is 14.1. The molecule has 0 aliphatic carbocycles. The molecule has 2 aromatic carbocycles. The van der Waals surface area contributed by atoms with Gasteiger partial charge in [-0.25, -0.2) is 0 Å². The molecule has 1 N–H and O–H groups in total. The zero-order chi connectivity index (χ0) is 20.0. The topological polar surface area (TPSA) is 71.4 Å². The number of aliphatic hydroxyl groups excluding tert-OH is 1. The molecule has 150 valence electrons. The lowest BCUT2D eigenvalue weighted by Gasteiger charge is -2.39. The Morgan fingerprint density at radius 1 is 1.14 bits per heavy atom. The van der Waals surface area contributed by atoms with Gasteiger partial charge in [0, 0.05) is 18.1 Å². The molecule has 3 heterocycles. The summed E-state index contributed by atoms with van der Waals surface area (Å²) in [7, 11) is 0. The standard InChI is InChI=1S/C22H21ClN2O4/c23-16-7-5-14(6-8-16)18(26)19-20(27)24-21(29-19)25-11-9-22(10-12-25)17-4-2-1-3-15(17)13-28-22/h1-8,18-19,26H,9-13H2/t18-,19+/m1/s1. The fourth-order valence-electron chi connectivity index (χ4n) is 4.38. The van der Waals surface area contributed by atoms with Gasteiger partial charge in [-0.15, -0.1) is 0 Å². The maximum absolute atomic E-state index is 12.4. The van der Waals surface area contributed by atoms with E-state index < -0.39 is 18.1 Å². The number of amidine groups is 1. The SMILES string of the molecule is O=C1N=C(N2CCC3(CC2)OCc2ccccc23)O[C@H]1[C@H](O)c1ccc(Cl)cc1. The van der Waals surface area contributed by atoms with Gasteiger partial charge < -0.3 is 19.5 Å². The van der Waals surface area contributed by atoms with Crippen LogP contribution in [0.3, 0.4) is 0 Å². The van der Waals surface area contributed by atoms with E-state index in [9.17, 15) is 9.90 Å². The van der Waals surface area contributed by atoms with Crippen LogP contribution in [0.25, 0.3) is 0 Å². The van der Waals surface area contributed by atoms with Gasteiger partial charge in [0.15, 0.2) is 0 Å². The number of hydrogen-bond acceptors (Lipinski definition) is 5. The maximum atomic E-state index is 12.4. The highest BCUT2D eigenvalue weighted by Gasteiger charge is 2.45. The van der Waals surface area contributed by atoms with Crippen LogP contribution in [-0.4, -0.2) is 41.1 Å². The van der Waals surface area contributed by atoms with E-state index in [0.717, 1.165) is 12.8 Å². The van der Waals surface area contributed by atoms with E-state index in [0.29, 0.717) is 30.3 Å². The summed E-state index contributed by atoms with van der Waals surface area (Å²) >= 11 is 5.89. The number of nitrogens with zero attached hydrogens (tertiary/aromatic N) is 2. The van der Waals surface area contributed by atoms with E-state index in [1.807, 2.05) is 17.0 Å². The summed E-state index contributed by atoms with van der Waals surface area (Å²) in [6.45, 7) is 1.98. The Balaban J connectivity index is 1.26. The molecule has 0 radical (unpaired) electrons. The normalized spacial score (nSPS) is 23.7. The van der Waals surface area contributed by atoms with Crippen molar-refractivity contribution >= 4 is 23.5 Å². The molecule has 2 aromatic rings. The molecule has 0 saturated carbocycles. The monoisotopic (exact) mass is 412 g/mol. The molecule has 5 rings (SSSR count). The quantitative estimate of drug-likeness (QED) is 0.820. The Morgan fingerprint density at radius 3 is 2.62 bits per heavy atom. The van der Waals surface area contributed by atoms with Gasteiger partial charge >= 0.3 is 0 Å². The molecule has 6 nitrogen and oxygen atoms in total. The van der Waals surface area contributed by atoms with Gasteiger partial charge in [0.1, 0.15) is 6.10 Å². The average molecular weight is 413 g/mol. The van der Waals surface area contributed by atoms with Gasteiger partial charge in [0.05, 0.1) is 12.2 Å². The number of halogens is 1. The smallest absolute Gasteiger partial charge is 0.296 e. The molecule has 0 unspecified atom stereocenters. The maximum Gasteiger partial charge on any atom is 0.296 e. The van der Waals surface area contributed by atoms with Crippen LogP contribution in [0.15, 0.2) is 53.5 Å². The van der Waals surface area contributed by atoms with Gasteiger partial charge in [0.25, 0.3) is 11.9 Å². The van der Waals surface area contributed by atoms with Crippen LogP contribution in [0.5, 0.6) is 0 Å². The van der Waals surface area contributed by atoms with E-state index in [-0.39, 0.29) is 11.6 Å². The zero-order valence-corrected chi connectivity index (χ0v) is 16.5. The second-order valence-corrected chi connectivity index (χ2v) is 8.13. The lowest BCUT2D eigenvalue weighted by molar-refractivity contribution is -0.127. The number of piperidine rings is 1. The van der Waals surface area contributed by atoms with Crippen LogP contribution in [0, 0.1) is 0 Å². The Morgan fingerprint density at radius 2 is 1.86 bits per heavy atom. The summed E-state index contributed by atoms with van der Waals surface area (Å²) in [5, 5.41) is 11.1. The summed E-state index contributed by atoms with van der Waals surface area (Å²) in [6, 6.07) is 15.3. The van der Waals surface area contributed by atoms with Crippen LogP contribution in [-0.2, 0) is 26.5 Å². The van der Waals surface area contributed by atoms with Gasteiger partial charge in [-0.05, 0) is 41.7 Å². The van der Waals surface area contributed by atoms with Gasteiger partial charge in [-0.2, -0.15) is 4.99 Å². The molecule has 1 fully saturated rings. The Kier molecular flexibility index (Phi) is 4.57. The van der Waals surface area contributed by atoms with Crippen LogP contribution < -0.4 is 0 Å². The Hall–Kier alpha value is -2.41. The number of fused-ring (bicyclic) bond motifs is 2. The molecule has 0 bridgehead atoms. The molecule has 3 aliphatic rings. The van der Waals surface area contributed by atoms with Gasteiger partial charge in [-0.3, -0.25) is 4.79 Å². The number of aliphatic hydroxyl groups is 1. The molecular weight excluding hydrogens is 392 g/mol. The van der Waals surface area contributed by atoms with E-state index >= 15 is 0 Å². The van der Waals surface area contributed by atoms with Crippen molar-refractivity contribution in [1.82, 2.24) is 4.90 Å². The van der Waals surface area contributed by atoms with Crippen molar-refractivity contribution in [3.8, 4) is 0 Å². The minimum Gasteiger partial charge on any atom is -0.448 e. The lowest BCUT2D eigenvalue weighted by Crippen LogP contribution is -2.45. The molecule has 2 atom stereocenters. The van der Waals surface area contributed by atoms with Crippen molar-refractivity contribution < 1.29 is 19.4 Å². The summed E-state index contributed by atoms with van der Waals surface area (Å²) in [5.41, 5.74) is 2.81. The molecular formula is C22H21ClN2O4. The van der Waals surface area contributed by atoms with Crippen LogP contribution >= 0.6 is 11.6 Å². The molecule has 1 saturated heterocycles. The van der Waals surface area contributed by atoms with Crippen LogP contribution in [0.2, 0.25) is 5.02 Å². The first-order valence-electron chi connectivity index (χ1n) is 9.76. The highest BCUT2D eigenvalue weighted by Crippen LogP contribution is 2.44. The Bertz CT molecular complexity index is 967. The number of amides is 1. The van der Waals surface area contributed by atoms with Crippen molar-refractivity contribution in [2.75, 3.05) is 13.1 Å². The fraction of sp³-hybridized carbons (Fsp3) is 0.364. The van der Waals surface area contributed by atoms with Gasteiger partial charge in [-0.1, -0.05) is 48.0 Å². The van der Waals surface area contributed by atoms with Gasteiger partial charge in [0.2, 0.25) is 6.10 Å². The van der Waals surface area contributed by atoms with Crippen molar-refractivity contribution in [3.63, 3.8) is 0 Å². The third-order valence-electron chi connectivity index (χ3n) is 6.03. The van der Waals surface area contributed by atoms with Crippen LogP contribution in [0.1, 0.15) is 35.6 Å². The second kappa shape index (κ2) is 7.13. The molecule has 3 aliphatic heterocycles. The highest BCUT2D eigenvalue weighted by atomic mass is 35.5. The number of ether oxygens (including phenoxy) is 2. The highest BCUT2D eigenvalue weighted by molar-refractivity contribution is 6.30. The minimum atomic E-state index is -1.10. The molecule has 29 heavy (non-hydrogen) atoms. The zero-order valence-electron chi connectivity index (χ0n) is 15.8. The van der Waals surface area contributed by atoms with Crippen LogP contribution in [0.4, 0.5) is 0 Å². The number of benzene rings is 2. The fourth-order valence-corrected chi connectivity index (χ4v) is 4.51. The third-order valence-corrected chi connectivity index (χ3v) is 6.29. The average Bonchev–Trinajstić information content (AvgIpc) is 3.30. The number of likely N-dealkylation sites (tertiary alicyclic amines) is 1. The lowest BCUT2D eigenvalue weighted by atomic mass is 9.84. The van der Waals surface area contributed by atoms with E-state index in [2.05, 4.69) is 17.1 Å². The first kappa shape index (κ1) is 18.6. The first-order valence-corrected chi connectivity index (χ1v) is 10.1. The predicted octanol–water partition coefficient (Wildman–Crippen LogP) is 3.18. The van der Waals surface area contributed by atoms with E-state index in [4.69, 9.17) is 21.1 Å². The summed E-state index contributed by atoms with van der Waals surface area (Å²) in [5.74, 6) is -0.467. The molecule has 0 aromatic heterocycles. The molecule has 7 heteroatoms. The van der Waals surface area contributed by atoms with Crippen molar-refractivity contribution in [2.24, 2.45) is 4.99 Å². The Labute approximate surface area is 173 Å². The van der Waals surface area contributed by atoms with Crippen molar-refractivity contribution in [1.29, 1.82) is 0 Å². The summed E-state index contributed by atoms with van der Waals surface area (Å²) in [4.78, 5) is 18.4. The second-order valence-electron chi connectivity index (χ2n) is 7.69. The largest absolute Gasteiger partial charge is 0.448 e. The van der Waals surface area contributed by atoms with E-state index in [1.54, 1.807) is 24.3 Å². The molecule has 1 amide bonds. The number of carbonyl (C=O) groups is 1. The summed E-state index contributed by atoms with van der Waals surface area (Å²) in [6.07, 6.45) is -0.539. The number of rotatable bonds is 2. The predicted molar refractivity (Wildman–Crippen MR) is 107 cm³/mol. The van der Waals surface area contributed by atoms with Crippen molar-refractivity contribution in [2.45, 2.75) is 37.3 Å². The number of hydrogen-bond donors (Lipinski definition) is 1. The molecule has 1 spiro atoms. The summed E-state index contributed by atoms with van der Waals surface area (Å²) < 4.78 is 12.0. The number of aliphatic imine (C=N–C) groups is 1. The van der Waals surface area contributed by atoms with Crippen molar-refractivity contribution in [3.05, 3.63) is 70.2 Å². The van der Waals surface area contributed by atoms with E-state index in [1.165, 1.54) is 11.1 Å². The third kappa shape index (κ3) is 3.21.